The van der Waals surface area contributed by atoms with E-state index in [1.165, 1.54) is 19.3 Å². The van der Waals surface area contributed by atoms with Gasteiger partial charge in [0, 0.05) is 18.1 Å². The minimum atomic E-state index is -0.0153. The maximum atomic E-state index is 12.2. The first kappa shape index (κ1) is 16.9. The topological polar surface area (TPSA) is 41.6 Å². The lowest BCUT2D eigenvalue weighted by molar-refractivity contribution is 0.181. The van der Waals surface area contributed by atoms with E-state index in [0.717, 1.165) is 12.2 Å². The maximum Gasteiger partial charge on any atom is 0.317 e. The Morgan fingerprint density at radius 3 is 2.68 bits per heavy atom. The molecule has 0 aliphatic heterocycles. The number of benzene rings is 1. The normalized spacial score (nSPS) is 21.2. The molecule has 1 aromatic carbocycles. The monoisotopic (exact) mass is 324 g/mol. The first-order valence-corrected chi connectivity index (χ1v) is 8.34. The molecule has 0 spiro atoms. The number of urea groups is 1. The van der Waals surface area contributed by atoms with Crippen LogP contribution in [-0.4, -0.2) is 37.2 Å². The molecule has 1 aliphatic carbocycles. The van der Waals surface area contributed by atoms with Gasteiger partial charge in [-0.05, 0) is 43.0 Å². The van der Waals surface area contributed by atoms with Crippen LogP contribution >= 0.6 is 11.6 Å². The van der Waals surface area contributed by atoms with E-state index >= 15 is 0 Å². The van der Waals surface area contributed by atoms with Gasteiger partial charge in [0.05, 0.1) is 6.54 Å². The number of carbonyl (C=O) groups is 1. The van der Waals surface area contributed by atoms with E-state index in [-0.39, 0.29) is 6.03 Å². The molecule has 0 heterocycles. The van der Waals surface area contributed by atoms with Gasteiger partial charge in [0.15, 0.2) is 0 Å². The van der Waals surface area contributed by atoms with Crippen molar-refractivity contribution in [2.24, 2.45) is 5.92 Å². The van der Waals surface area contributed by atoms with Crippen LogP contribution in [0.1, 0.15) is 32.6 Å². The van der Waals surface area contributed by atoms with Crippen molar-refractivity contribution >= 4 is 17.6 Å². The van der Waals surface area contributed by atoms with E-state index in [0.29, 0.717) is 30.1 Å². The molecule has 5 heteroatoms. The number of ether oxygens (including phenoxy) is 1. The first-order chi connectivity index (χ1) is 10.6. The van der Waals surface area contributed by atoms with Crippen molar-refractivity contribution in [2.45, 2.75) is 38.6 Å². The SMILES string of the molecule is C[C@H]1CCCC[C@@H]1NC(=O)N(C)CCOc1ccc(Cl)cc1. The molecule has 4 nitrogen and oxygen atoms in total. The first-order valence-electron chi connectivity index (χ1n) is 7.96. The lowest BCUT2D eigenvalue weighted by Gasteiger charge is -2.31. The molecular formula is C17H25ClN2O2. The van der Waals surface area contributed by atoms with Crippen molar-refractivity contribution < 1.29 is 9.53 Å². The zero-order valence-corrected chi connectivity index (χ0v) is 14.1. The van der Waals surface area contributed by atoms with Crippen LogP contribution in [0.5, 0.6) is 5.75 Å². The second-order valence-corrected chi connectivity index (χ2v) is 6.48. The summed E-state index contributed by atoms with van der Waals surface area (Å²) < 4.78 is 5.61. The summed E-state index contributed by atoms with van der Waals surface area (Å²) in [5, 5.41) is 3.82. The number of nitrogens with zero attached hydrogens (tertiary/aromatic N) is 1. The summed E-state index contributed by atoms with van der Waals surface area (Å²) in [7, 11) is 1.80. The Bertz CT molecular complexity index is 478. The van der Waals surface area contributed by atoms with E-state index in [1.54, 1.807) is 24.1 Å². The van der Waals surface area contributed by atoms with Crippen molar-refractivity contribution in [1.29, 1.82) is 0 Å². The molecule has 122 valence electrons. The van der Waals surface area contributed by atoms with Gasteiger partial charge >= 0.3 is 6.03 Å². The van der Waals surface area contributed by atoms with Crippen LogP contribution in [0, 0.1) is 5.92 Å². The highest BCUT2D eigenvalue weighted by Crippen LogP contribution is 2.23. The molecule has 0 bridgehead atoms. The highest BCUT2D eigenvalue weighted by molar-refractivity contribution is 6.30. The van der Waals surface area contributed by atoms with Crippen LogP contribution in [0.4, 0.5) is 4.79 Å². The molecule has 1 aromatic rings. The second-order valence-electron chi connectivity index (χ2n) is 6.04. The highest BCUT2D eigenvalue weighted by Gasteiger charge is 2.23. The fourth-order valence-corrected chi connectivity index (χ4v) is 2.86. The molecule has 2 amide bonds. The minimum Gasteiger partial charge on any atom is -0.492 e. The smallest absolute Gasteiger partial charge is 0.317 e. The maximum absolute atomic E-state index is 12.2. The Morgan fingerprint density at radius 1 is 1.32 bits per heavy atom. The molecule has 1 fully saturated rings. The Labute approximate surface area is 137 Å². The van der Waals surface area contributed by atoms with Crippen molar-refractivity contribution in [3.63, 3.8) is 0 Å². The molecule has 22 heavy (non-hydrogen) atoms. The van der Waals surface area contributed by atoms with E-state index in [4.69, 9.17) is 16.3 Å². The molecule has 0 radical (unpaired) electrons. The fourth-order valence-electron chi connectivity index (χ4n) is 2.73. The second kappa shape index (κ2) is 8.28. The van der Waals surface area contributed by atoms with Gasteiger partial charge < -0.3 is 15.0 Å². The molecule has 1 N–H and O–H groups in total. The van der Waals surface area contributed by atoms with Crippen LogP contribution in [0.15, 0.2) is 24.3 Å². The Balaban J connectivity index is 1.70. The number of halogens is 1. The van der Waals surface area contributed by atoms with Crippen molar-refractivity contribution in [3.05, 3.63) is 29.3 Å². The number of hydrogen-bond acceptors (Lipinski definition) is 2. The largest absolute Gasteiger partial charge is 0.492 e. The van der Waals surface area contributed by atoms with Crippen LogP contribution in [0.25, 0.3) is 0 Å². The molecular weight excluding hydrogens is 300 g/mol. The average molecular weight is 325 g/mol. The molecule has 0 saturated heterocycles. The summed E-state index contributed by atoms with van der Waals surface area (Å²) in [6.07, 6.45) is 4.77. The van der Waals surface area contributed by atoms with E-state index in [1.807, 2.05) is 12.1 Å². The molecule has 1 saturated carbocycles. The Kier molecular flexibility index (Phi) is 6.37. The summed E-state index contributed by atoms with van der Waals surface area (Å²) in [5.41, 5.74) is 0. The van der Waals surface area contributed by atoms with Gasteiger partial charge in [-0.3, -0.25) is 0 Å². The minimum absolute atomic E-state index is 0.0153. The van der Waals surface area contributed by atoms with Crippen LogP contribution in [-0.2, 0) is 0 Å². The van der Waals surface area contributed by atoms with Crippen LogP contribution in [0.2, 0.25) is 5.02 Å². The number of rotatable bonds is 5. The Hall–Kier alpha value is -1.42. The number of hydrogen-bond donors (Lipinski definition) is 1. The van der Waals surface area contributed by atoms with Gasteiger partial charge in [0.1, 0.15) is 12.4 Å². The summed E-state index contributed by atoms with van der Waals surface area (Å²) in [6, 6.07) is 7.52. The average Bonchev–Trinajstić information content (AvgIpc) is 2.51. The predicted octanol–water partition coefficient (Wildman–Crippen LogP) is 3.94. The number of nitrogens with one attached hydrogen (secondary N) is 1. The number of carbonyl (C=O) groups excluding carboxylic acids is 1. The summed E-state index contributed by atoms with van der Waals surface area (Å²) in [5.74, 6) is 1.33. The molecule has 2 atom stereocenters. The van der Waals surface area contributed by atoms with Gasteiger partial charge in [0.25, 0.3) is 0 Å². The van der Waals surface area contributed by atoms with Gasteiger partial charge in [-0.2, -0.15) is 0 Å². The molecule has 1 aliphatic rings. The lowest BCUT2D eigenvalue weighted by Crippen LogP contribution is -2.47. The predicted molar refractivity (Wildman–Crippen MR) is 89.5 cm³/mol. The number of likely N-dealkylation sites (N-methyl/N-ethyl adjacent to an activating group) is 1. The fraction of sp³-hybridized carbons (Fsp3) is 0.588. The standard InChI is InChI=1S/C17H25ClN2O2/c1-13-5-3-4-6-16(13)19-17(21)20(2)11-12-22-15-9-7-14(18)8-10-15/h7-10,13,16H,3-6,11-12H2,1-2H3,(H,19,21)/t13-,16-/m0/s1. The lowest BCUT2D eigenvalue weighted by atomic mass is 9.86. The van der Waals surface area contributed by atoms with Crippen LogP contribution in [0.3, 0.4) is 0 Å². The summed E-state index contributed by atoms with van der Waals surface area (Å²) >= 11 is 5.83. The third-order valence-electron chi connectivity index (χ3n) is 4.28. The molecule has 2 rings (SSSR count). The zero-order valence-electron chi connectivity index (χ0n) is 13.3. The van der Waals surface area contributed by atoms with Gasteiger partial charge in [-0.1, -0.05) is 31.4 Å². The van der Waals surface area contributed by atoms with Gasteiger partial charge in [-0.25, -0.2) is 4.79 Å². The van der Waals surface area contributed by atoms with Gasteiger partial charge in [-0.15, -0.1) is 0 Å². The van der Waals surface area contributed by atoms with E-state index in [9.17, 15) is 4.79 Å². The van der Waals surface area contributed by atoms with E-state index < -0.39 is 0 Å². The van der Waals surface area contributed by atoms with Gasteiger partial charge in [0.2, 0.25) is 0 Å². The third-order valence-corrected chi connectivity index (χ3v) is 4.53. The quantitative estimate of drug-likeness (QED) is 0.891. The van der Waals surface area contributed by atoms with E-state index in [2.05, 4.69) is 12.2 Å². The number of amides is 2. The molecule has 0 aromatic heterocycles. The van der Waals surface area contributed by atoms with Crippen molar-refractivity contribution in [1.82, 2.24) is 10.2 Å². The molecule has 0 unspecified atom stereocenters. The van der Waals surface area contributed by atoms with Crippen LogP contribution < -0.4 is 10.1 Å². The van der Waals surface area contributed by atoms with Crippen molar-refractivity contribution in [3.8, 4) is 5.75 Å². The Morgan fingerprint density at radius 2 is 2.00 bits per heavy atom. The summed E-state index contributed by atoms with van der Waals surface area (Å²) in [6.45, 7) is 3.23. The summed E-state index contributed by atoms with van der Waals surface area (Å²) in [4.78, 5) is 13.9. The third kappa shape index (κ3) is 5.09. The highest BCUT2D eigenvalue weighted by atomic mass is 35.5. The van der Waals surface area contributed by atoms with Crippen molar-refractivity contribution in [2.75, 3.05) is 20.2 Å². The zero-order chi connectivity index (χ0) is 15.9.